The van der Waals surface area contributed by atoms with E-state index in [0.717, 1.165) is 61.2 Å². The number of nitrogens with zero attached hydrogens (tertiary/aromatic N) is 2. The zero-order valence-corrected chi connectivity index (χ0v) is 24.2. The summed E-state index contributed by atoms with van der Waals surface area (Å²) in [5, 5.41) is 3.85. The summed E-state index contributed by atoms with van der Waals surface area (Å²) in [6, 6.07) is 12.5. The zero-order chi connectivity index (χ0) is 32.1. The van der Waals surface area contributed by atoms with Gasteiger partial charge < -0.3 is 25.3 Å². The summed E-state index contributed by atoms with van der Waals surface area (Å²) < 4.78 is 71.8. The molecule has 5 rings (SSSR count). The number of fused-ring (bicyclic) bond motifs is 1. The van der Waals surface area contributed by atoms with Gasteiger partial charge in [-0.1, -0.05) is 12.1 Å². The fraction of sp³-hybridized carbons (Fsp3) is 0.281. The van der Waals surface area contributed by atoms with Gasteiger partial charge in [0.15, 0.2) is 23.1 Å². The molecular formula is C32H30F4N4O5. The van der Waals surface area contributed by atoms with E-state index in [9.17, 15) is 22.8 Å². The maximum absolute atomic E-state index is 15.4. The monoisotopic (exact) mass is 626 g/mol. The van der Waals surface area contributed by atoms with Crippen molar-refractivity contribution >= 4 is 28.4 Å². The molecule has 0 aliphatic carbocycles. The number of piperidine rings is 1. The van der Waals surface area contributed by atoms with Crippen molar-refractivity contribution in [2.45, 2.75) is 25.6 Å². The molecule has 3 aromatic carbocycles. The number of primary amides is 1. The summed E-state index contributed by atoms with van der Waals surface area (Å²) in [6.07, 6.45) is -1.02. The van der Waals surface area contributed by atoms with Crippen molar-refractivity contribution in [1.29, 1.82) is 0 Å². The number of halogens is 4. The predicted octanol–water partition coefficient (Wildman–Crippen LogP) is 5.59. The minimum absolute atomic E-state index is 0.0552. The number of nitrogens with two attached hydrogens (primary N) is 1. The van der Waals surface area contributed by atoms with E-state index in [1.165, 1.54) is 25.4 Å². The van der Waals surface area contributed by atoms with Crippen LogP contribution < -0.4 is 30.2 Å². The van der Waals surface area contributed by atoms with Crippen LogP contribution in [-0.4, -0.2) is 43.6 Å². The molecule has 0 atom stereocenters. The molecule has 0 radical (unpaired) electrons. The van der Waals surface area contributed by atoms with Gasteiger partial charge in [-0.3, -0.25) is 19.5 Å². The van der Waals surface area contributed by atoms with Crippen molar-refractivity contribution < 1.29 is 41.4 Å². The Morgan fingerprint density at radius 2 is 1.71 bits per heavy atom. The third kappa shape index (κ3) is 7.43. The van der Waals surface area contributed by atoms with E-state index >= 15 is 4.39 Å². The minimum Gasteiger partial charge on any atom is -0.493 e. The highest BCUT2D eigenvalue weighted by molar-refractivity contribution is 6.39. The molecule has 1 aromatic heterocycles. The third-order valence-electron chi connectivity index (χ3n) is 7.45. The van der Waals surface area contributed by atoms with Crippen LogP contribution in [-0.2, 0) is 22.3 Å². The van der Waals surface area contributed by atoms with Crippen molar-refractivity contribution in [3.8, 4) is 23.0 Å². The molecular weight excluding hydrogens is 596 g/mol. The van der Waals surface area contributed by atoms with Gasteiger partial charge in [0, 0.05) is 29.4 Å². The van der Waals surface area contributed by atoms with Crippen molar-refractivity contribution in [3.05, 3.63) is 83.8 Å². The van der Waals surface area contributed by atoms with Gasteiger partial charge in [-0.2, -0.15) is 13.2 Å². The Hall–Kier alpha value is -4.91. The summed E-state index contributed by atoms with van der Waals surface area (Å²) in [6.45, 7) is 2.09. The molecule has 1 aliphatic heterocycles. The van der Waals surface area contributed by atoms with E-state index in [1.807, 2.05) is 0 Å². The van der Waals surface area contributed by atoms with Gasteiger partial charge in [-0.05, 0) is 73.8 Å². The summed E-state index contributed by atoms with van der Waals surface area (Å²) in [5.41, 5.74) is 5.05. The number of alkyl halides is 3. The van der Waals surface area contributed by atoms with Crippen LogP contribution in [0.4, 0.5) is 23.2 Å². The smallest absolute Gasteiger partial charge is 0.416 e. The van der Waals surface area contributed by atoms with Crippen LogP contribution in [0.25, 0.3) is 10.9 Å². The average Bonchev–Trinajstić information content (AvgIpc) is 3.03. The number of carbonyl (C=O) groups is 2. The first-order valence-corrected chi connectivity index (χ1v) is 14.1. The normalized spacial score (nSPS) is 13.8. The molecule has 3 N–H and O–H groups in total. The highest BCUT2D eigenvalue weighted by atomic mass is 19.4. The van der Waals surface area contributed by atoms with Crippen molar-refractivity contribution in [2.75, 3.05) is 31.7 Å². The fourth-order valence-electron chi connectivity index (χ4n) is 5.00. The third-order valence-corrected chi connectivity index (χ3v) is 7.45. The molecule has 9 nitrogen and oxygen atoms in total. The quantitative estimate of drug-likeness (QED) is 0.184. The van der Waals surface area contributed by atoms with E-state index < -0.39 is 29.4 Å². The van der Waals surface area contributed by atoms with E-state index in [0.29, 0.717) is 34.9 Å². The van der Waals surface area contributed by atoms with E-state index in [-0.39, 0.29) is 29.3 Å². The zero-order valence-electron chi connectivity index (χ0n) is 24.2. The summed E-state index contributed by atoms with van der Waals surface area (Å²) in [4.78, 5) is 29.6. The number of amides is 2. The number of hydrogen-bond acceptors (Lipinski definition) is 7. The van der Waals surface area contributed by atoms with Crippen LogP contribution in [0.1, 0.15) is 24.0 Å². The Morgan fingerprint density at radius 1 is 0.978 bits per heavy atom. The Kier molecular flexibility index (Phi) is 9.37. The summed E-state index contributed by atoms with van der Waals surface area (Å²) in [5.74, 6) is -1.90. The summed E-state index contributed by atoms with van der Waals surface area (Å²) in [7, 11) is 1.51. The number of carbonyl (C=O) groups excluding carboxylic acids is 2. The molecule has 2 heterocycles. The molecule has 236 valence electrons. The van der Waals surface area contributed by atoms with Gasteiger partial charge in [-0.15, -0.1) is 0 Å². The van der Waals surface area contributed by atoms with Crippen molar-refractivity contribution in [1.82, 2.24) is 10.3 Å². The molecule has 1 saturated heterocycles. The molecule has 0 unspecified atom stereocenters. The average molecular weight is 627 g/mol. The first-order chi connectivity index (χ1) is 21.5. The lowest BCUT2D eigenvalue weighted by molar-refractivity contribution is -0.137. The SMILES string of the molecule is COc1cc2c(Oc3ccc(N(Cc4ccc(C(F)(F)F)cc4)C(=O)C(N)=O)cc3F)ccnc2cc1OCC1CCNCC1. The Labute approximate surface area is 255 Å². The predicted molar refractivity (Wildman–Crippen MR) is 158 cm³/mol. The van der Waals surface area contributed by atoms with Gasteiger partial charge in [-0.25, -0.2) is 4.39 Å². The van der Waals surface area contributed by atoms with Gasteiger partial charge in [0.2, 0.25) is 0 Å². The first kappa shape index (κ1) is 31.5. The van der Waals surface area contributed by atoms with Gasteiger partial charge in [0.1, 0.15) is 5.75 Å². The highest BCUT2D eigenvalue weighted by Crippen LogP contribution is 2.38. The molecule has 0 saturated carbocycles. The van der Waals surface area contributed by atoms with Crippen molar-refractivity contribution in [2.24, 2.45) is 11.7 Å². The second kappa shape index (κ2) is 13.4. The number of ether oxygens (including phenoxy) is 3. The van der Waals surface area contributed by atoms with Crippen LogP contribution in [0.5, 0.6) is 23.0 Å². The van der Waals surface area contributed by atoms with Gasteiger partial charge in [0.25, 0.3) is 0 Å². The number of methoxy groups -OCH3 is 1. The van der Waals surface area contributed by atoms with Gasteiger partial charge >= 0.3 is 18.0 Å². The lowest BCUT2D eigenvalue weighted by Gasteiger charge is -2.23. The Morgan fingerprint density at radius 3 is 2.36 bits per heavy atom. The molecule has 2 amide bonds. The van der Waals surface area contributed by atoms with E-state index in [2.05, 4.69) is 10.3 Å². The Bertz CT molecular complexity index is 1690. The molecule has 45 heavy (non-hydrogen) atoms. The Balaban J connectivity index is 1.38. The maximum atomic E-state index is 15.4. The van der Waals surface area contributed by atoms with Crippen LogP contribution in [0.3, 0.4) is 0 Å². The highest BCUT2D eigenvalue weighted by Gasteiger charge is 2.30. The number of aromatic nitrogens is 1. The van der Waals surface area contributed by atoms with Crippen molar-refractivity contribution in [3.63, 3.8) is 0 Å². The summed E-state index contributed by atoms with van der Waals surface area (Å²) >= 11 is 0. The number of hydrogen-bond donors (Lipinski definition) is 2. The van der Waals surface area contributed by atoms with E-state index in [4.69, 9.17) is 19.9 Å². The lowest BCUT2D eigenvalue weighted by Crippen LogP contribution is -2.40. The van der Waals surface area contributed by atoms with Gasteiger partial charge in [0.05, 0.1) is 31.3 Å². The number of benzene rings is 3. The van der Waals surface area contributed by atoms with Crippen LogP contribution in [0.2, 0.25) is 0 Å². The molecule has 4 aromatic rings. The topological polar surface area (TPSA) is 116 Å². The lowest BCUT2D eigenvalue weighted by atomic mass is 9.99. The second-order valence-corrected chi connectivity index (χ2v) is 10.5. The fourth-order valence-corrected chi connectivity index (χ4v) is 5.00. The first-order valence-electron chi connectivity index (χ1n) is 14.1. The second-order valence-electron chi connectivity index (χ2n) is 10.5. The number of anilines is 1. The van der Waals surface area contributed by atoms with Crippen LogP contribution >= 0.6 is 0 Å². The molecule has 13 heteroatoms. The number of pyridine rings is 1. The largest absolute Gasteiger partial charge is 0.493 e. The van der Waals surface area contributed by atoms with Crippen LogP contribution in [0, 0.1) is 11.7 Å². The standard InChI is InChI=1S/C32H30F4N4O5/c1-43-28-15-23-25(16-29(28)44-18-20-8-11-38-12-9-20)39-13-10-26(23)45-27-7-6-22(14-24(27)33)40(31(42)30(37)41)17-19-2-4-21(5-3-19)32(34,35)36/h2-7,10,13-16,20,38H,8-9,11-12,17-18H2,1H3,(H2,37,41). The molecule has 1 aliphatic rings. The van der Waals surface area contributed by atoms with E-state index in [1.54, 1.807) is 18.2 Å². The molecule has 0 bridgehead atoms. The number of rotatable bonds is 9. The molecule has 1 fully saturated rings. The van der Waals surface area contributed by atoms with Crippen LogP contribution in [0.15, 0.2) is 66.9 Å². The minimum atomic E-state index is -4.55. The molecule has 0 spiro atoms. The number of nitrogens with one attached hydrogen (secondary N) is 1. The maximum Gasteiger partial charge on any atom is 0.416 e.